The fourth-order valence-corrected chi connectivity index (χ4v) is 0.510. The third kappa shape index (κ3) is 6.35. The molecule has 0 radical (unpaired) electrons. The Morgan fingerprint density at radius 3 is 1.58 bits per heavy atom. The van der Waals surface area contributed by atoms with Gasteiger partial charge in [-0.2, -0.15) is 0 Å². The molecule has 0 spiro atoms. The van der Waals surface area contributed by atoms with Crippen LogP contribution < -0.4 is 0 Å². The van der Waals surface area contributed by atoms with E-state index in [1.54, 1.807) is 6.92 Å². The summed E-state index contributed by atoms with van der Waals surface area (Å²) in [7, 11) is 0. The number of carbonyl (C=O) groups is 1. The number of rotatable bonds is 0. The van der Waals surface area contributed by atoms with E-state index in [0.717, 1.165) is 13.2 Å². The minimum atomic E-state index is -0.139. The smallest absolute Gasteiger partial charge is 0.135 e. The van der Waals surface area contributed by atoms with E-state index in [9.17, 15) is 4.79 Å². The van der Waals surface area contributed by atoms with E-state index < -0.39 is 0 Å². The molecule has 0 unspecified atom stereocenters. The molecule has 1 rings (SSSR count). The lowest BCUT2D eigenvalue weighted by Gasteiger charge is -2.11. The van der Waals surface area contributed by atoms with Gasteiger partial charge in [0.05, 0.1) is 0 Å². The van der Waals surface area contributed by atoms with Gasteiger partial charge in [0.15, 0.2) is 0 Å². The molecule has 0 aliphatic carbocycles. The molecule has 1 heterocycles. The highest BCUT2D eigenvalue weighted by Gasteiger charge is 2.14. The summed E-state index contributed by atoms with van der Waals surface area (Å²) in [6.45, 7) is 9.35. The topological polar surface area (TPSA) is 26.3 Å². The maximum absolute atomic E-state index is 10.5. The summed E-state index contributed by atoms with van der Waals surface area (Å²) >= 11 is 0. The van der Waals surface area contributed by atoms with Crippen molar-refractivity contribution in [3.8, 4) is 0 Å². The van der Waals surface area contributed by atoms with Crippen LogP contribution in [0.1, 0.15) is 40.5 Å². The van der Waals surface area contributed by atoms with Crippen LogP contribution in [0.4, 0.5) is 0 Å². The van der Waals surface area contributed by atoms with Crippen LogP contribution in [-0.2, 0) is 9.53 Å². The Morgan fingerprint density at radius 2 is 1.50 bits per heavy atom. The van der Waals surface area contributed by atoms with Crippen molar-refractivity contribution in [2.75, 3.05) is 13.2 Å². The predicted molar refractivity (Wildman–Crippen MR) is 50.2 cm³/mol. The van der Waals surface area contributed by atoms with Gasteiger partial charge in [0.2, 0.25) is 0 Å². The highest BCUT2D eigenvalue weighted by atomic mass is 16.5. The molecule has 0 aromatic heterocycles. The summed E-state index contributed by atoms with van der Waals surface area (Å²) in [6.07, 6.45) is 2.56. The molecule has 1 saturated heterocycles. The van der Waals surface area contributed by atoms with Crippen molar-refractivity contribution < 1.29 is 9.53 Å². The van der Waals surface area contributed by atoms with Crippen LogP contribution in [-0.4, -0.2) is 19.0 Å². The lowest BCUT2D eigenvalue weighted by atomic mass is 9.92. The zero-order valence-electron chi connectivity index (χ0n) is 8.64. The van der Waals surface area contributed by atoms with Crippen molar-refractivity contribution in [2.45, 2.75) is 40.5 Å². The number of hydrogen-bond donors (Lipinski definition) is 0. The standard InChI is InChI=1S/C6H12O.C4H8O/c1-5(7)6(2,3)4;1-2-4-5-3-1/h1-4H3;1-4H2. The van der Waals surface area contributed by atoms with Gasteiger partial charge in [-0.15, -0.1) is 0 Å². The zero-order valence-corrected chi connectivity index (χ0v) is 8.64. The Labute approximate surface area is 75.3 Å². The highest BCUT2D eigenvalue weighted by molar-refractivity contribution is 5.80. The normalized spacial score (nSPS) is 16.7. The summed E-state index contributed by atoms with van der Waals surface area (Å²) in [6, 6.07) is 0. The maximum Gasteiger partial charge on any atom is 0.135 e. The van der Waals surface area contributed by atoms with E-state index in [1.165, 1.54) is 12.8 Å². The molecule has 1 aliphatic rings. The predicted octanol–water partition coefficient (Wildman–Crippen LogP) is 2.42. The SMILES string of the molecule is C1CCOC1.CC(=O)C(C)(C)C. The minimum absolute atomic E-state index is 0.139. The Balaban J connectivity index is 0.000000211. The van der Waals surface area contributed by atoms with Gasteiger partial charge in [0.25, 0.3) is 0 Å². The molecule has 1 aliphatic heterocycles. The second-order valence-corrected chi connectivity index (χ2v) is 4.13. The summed E-state index contributed by atoms with van der Waals surface area (Å²) in [5, 5.41) is 0. The highest BCUT2D eigenvalue weighted by Crippen LogP contribution is 2.12. The molecular weight excluding hydrogens is 152 g/mol. The first-order valence-electron chi connectivity index (χ1n) is 4.53. The second-order valence-electron chi connectivity index (χ2n) is 4.13. The molecule has 2 heteroatoms. The zero-order chi connectivity index (χ0) is 9.61. The van der Waals surface area contributed by atoms with Crippen molar-refractivity contribution >= 4 is 5.78 Å². The van der Waals surface area contributed by atoms with Crippen LogP contribution in [0.3, 0.4) is 0 Å². The van der Waals surface area contributed by atoms with Crippen molar-refractivity contribution in [3.05, 3.63) is 0 Å². The summed E-state index contributed by atoms with van der Waals surface area (Å²) in [5.41, 5.74) is -0.139. The molecule has 0 bridgehead atoms. The first kappa shape index (κ1) is 11.6. The van der Waals surface area contributed by atoms with Crippen LogP contribution in [0.2, 0.25) is 0 Å². The summed E-state index contributed by atoms with van der Waals surface area (Å²) in [5.74, 6) is 0.243. The van der Waals surface area contributed by atoms with Gasteiger partial charge in [0, 0.05) is 18.6 Å². The van der Waals surface area contributed by atoms with Crippen molar-refractivity contribution in [2.24, 2.45) is 5.41 Å². The first-order chi connectivity index (χ1) is 5.44. The van der Waals surface area contributed by atoms with Gasteiger partial charge in [-0.25, -0.2) is 0 Å². The molecule has 72 valence electrons. The number of Topliss-reactive ketones (excluding diaryl/α,β-unsaturated/α-hetero) is 1. The van der Waals surface area contributed by atoms with E-state index in [4.69, 9.17) is 4.74 Å². The van der Waals surface area contributed by atoms with Crippen LogP contribution in [0.5, 0.6) is 0 Å². The minimum Gasteiger partial charge on any atom is -0.381 e. The number of ketones is 1. The third-order valence-corrected chi connectivity index (χ3v) is 1.88. The molecule has 12 heavy (non-hydrogen) atoms. The number of hydrogen-bond acceptors (Lipinski definition) is 2. The molecule has 2 nitrogen and oxygen atoms in total. The molecule has 0 N–H and O–H groups in total. The second kappa shape index (κ2) is 5.31. The summed E-state index contributed by atoms with van der Waals surface area (Å²) in [4.78, 5) is 10.5. The molecule has 0 amide bonds. The van der Waals surface area contributed by atoms with Crippen molar-refractivity contribution in [1.29, 1.82) is 0 Å². The van der Waals surface area contributed by atoms with Crippen LogP contribution in [0.25, 0.3) is 0 Å². The molecule has 1 fully saturated rings. The molecular formula is C10H20O2. The molecule has 0 aromatic carbocycles. The van der Waals surface area contributed by atoms with E-state index in [1.807, 2.05) is 20.8 Å². The van der Waals surface area contributed by atoms with Gasteiger partial charge in [-0.1, -0.05) is 20.8 Å². The van der Waals surface area contributed by atoms with E-state index in [2.05, 4.69) is 0 Å². The van der Waals surface area contributed by atoms with E-state index in [-0.39, 0.29) is 11.2 Å². The Bertz CT molecular complexity index is 122. The lowest BCUT2D eigenvalue weighted by molar-refractivity contribution is -0.124. The molecule has 0 saturated carbocycles. The van der Waals surface area contributed by atoms with Crippen molar-refractivity contribution in [3.63, 3.8) is 0 Å². The van der Waals surface area contributed by atoms with Crippen LogP contribution in [0.15, 0.2) is 0 Å². The third-order valence-electron chi connectivity index (χ3n) is 1.88. The van der Waals surface area contributed by atoms with E-state index in [0.29, 0.717) is 0 Å². The molecule has 0 atom stereocenters. The largest absolute Gasteiger partial charge is 0.381 e. The van der Waals surface area contributed by atoms with Gasteiger partial charge in [-0.3, -0.25) is 4.79 Å². The van der Waals surface area contributed by atoms with Crippen LogP contribution in [0, 0.1) is 5.41 Å². The van der Waals surface area contributed by atoms with Crippen LogP contribution >= 0.6 is 0 Å². The Kier molecular flexibility index (Phi) is 5.14. The van der Waals surface area contributed by atoms with Gasteiger partial charge in [-0.05, 0) is 19.8 Å². The Hall–Kier alpha value is -0.370. The maximum atomic E-state index is 10.5. The average molecular weight is 172 g/mol. The van der Waals surface area contributed by atoms with E-state index >= 15 is 0 Å². The lowest BCUT2D eigenvalue weighted by Crippen LogP contribution is -2.15. The fourth-order valence-electron chi connectivity index (χ4n) is 0.510. The first-order valence-corrected chi connectivity index (χ1v) is 4.53. The average Bonchev–Trinajstić information content (AvgIpc) is 2.39. The monoisotopic (exact) mass is 172 g/mol. The quantitative estimate of drug-likeness (QED) is 0.561. The Morgan fingerprint density at radius 1 is 1.17 bits per heavy atom. The fraction of sp³-hybridized carbons (Fsp3) is 0.900. The molecule has 0 aromatic rings. The number of ether oxygens (including phenoxy) is 1. The van der Waals surface area contributed by atoms with Gasteiger partial charge in [0.1, 0.15) is 5.78 Å². The van der Waals surface area contributed by atoms with Gasteiger partial charge < -0.3 is 4.74 Å². The van der Waals surface area contributed by atoms with Crippen molar-refractivity contribution in [1.82, 2.24) is 0 Å². The number of carbonyl (C=O) groups excluding carboxylic acids is 1. The summed E-state index contributed by atoms with van der Waals surface area (Å²) < 4.78 is 4.94. The van der Waals surface area contributed by atoms with Gasteiger partial charge >= 0.3 is 0 Å².